The first kappa shape index (κ1) is 15.3. The summed E-state index contributed by atoms with van der Waals surface area (Å²) in [5.74, 6) is 0. The summed E-state index contributed by atoms with van der Waals surface area (Å²) >= 11 is 5.75. The first-order valence-electron chi connectivity index (χ1n) is 6.03. The normalized spacial score (nSPS) is 11.0. The maximum Gasteiger partial charge on any atom is 0.318 e. The fraction of sp³-hybridized carbons (Fsp3) is 0.0714. The molecule has 5 nitrogen and oxygen atoms in total. The van der Waals surface area contributed by atoms with Crippen LogP contribution in [0.5, 0.6) is 0 Å². The van der Waals surface area contributed by atoms with Crippen LogP contribution < -0.4 is 10.6 Å². The molecule has 0 saturated heterocycles. The lowest BCUT2D eigenvalue weighted by molar-refractivity contribution is 0.254. The van der Waals surface area contributed by atoms with Gasteiger partial charge in [0.1, 0.15) is 0 Å². The maximum atomic E-state index is 12.4. The molecular formula is C14H13ClN2O3S. The van der Waals surface area contributed by atoms with Crippen molar-refractivity contribution < 1.29 is 13.2 Å². The molecular weight excluding hydrogens is 312 g/mol. The summed E-state index contributed by atoms with van der Waals surface area (Å²) in [7, 11) is -2.10. The molecule has 0 fully saturated rings. The van der Waals surface area contributed by atoms with E-state index in [2.05, 4.69) is 10.6 Å². The lowest BCUT2D eigenvalue weighted by Gasteiger charge is -2.07. The molecule has 0 aliphatic carbocycles. The first-order valence-corrected chi connectivity index (χ1v) is 7.89. The Morgan fingerprint density at radius 3 is 1.90 bits per heavy atom. The van der Waals surface area contributed by atoms with Gasteiger partial charge in [-0.25, -0.2) is 13.2 Å². The van der Waals surface area contributed by atoms with Crippen molar-refractivity contribution in [2.75, 3.05) is 12.4 Å². The number of carbonyl (C=O) groups is 1. The van der Waals surface area contributed by atoms with Crippen LogP contribution in [-0.4, -0.2) is 21.5 Å². The van der Waals surface area contributed by atoms with E-state index in [4.69, 9.17) is 11.6 Å². The second kappa shape index (κ2) is 6.15. The van der Waals surface area contributed by atoms with Crippen molar-refractivity contribution in [1.29, 1.82) is 0 Å². The van der Waals surface area contributed by atoms with Gasteiger partial charge in [-0.15, -0.1) is 0 Å². The number of hydrogen-bond donors (Lipinski definition) is 2. The van der Waals surface area contributed by atoms with Crippen molar-refractivity contribution in [3.8, 4) is 0 Å². The third-order valence-corrected chi connectivity index (χ3v) is 4.81. The molecule has 7 heteroatoms. The van der Waals surface area contributed by atoms with Crippen molar-refractivity contribution in [2.45, 2.75) is 9.79 Å². The van der Waals surface area contributed by atoms with Crippen LogP contribution in [0.25, 0.3) is 0 Å². The minimum Gasteiger partial charge on any atom is -0.341 e. The highest BCUT2D eigenvalue weighted by Crippen LogP contribution is 2.23. The molecule has 2 rings (SSSR count). The molecule has 0 aliphatic heterocycles. The van der Waals surface area contributed by atoms with Crippen molar-refractivity contribution in [2.24, 2.45) is 0 Å². The van der Waals surface area contributed by atoms with E-state index in [1.54, 1.807) is 0 Å². The lowest BCUT2D eigenvalue weighted by atomic mass is 10.3. The lowest BCUT2D eigenvalue weighted by Crippen LogP contribution is -2.24. The Hall–Kier alpha value is -2.05. The number of hydrogen-bond acceptors (Lipinski definition) is 3. The molecule has 0 saturated carbocycles. The Balaban J connectivity index is 2.29. The standard InChI is InChI=1S/C14H13ClN2O3S/c1-16-14(18)17-11-4-8-13(9-5-11)21(19,20)12-6-2-10(15)3-7-12/h2-9H,1H3,(H2,16,17,18). The smallest absolute Gasteiger partial charge is 0.318 e. The summed E-state index contributed by atoms with van der Waals surface area (Å²) in [4.78, 5) is 11.5. The van der Waals surface area contributed by atoms with Gasteiger partial charge in [-0.05, 0) is 48.5 Å². The topological polar surface area (TPSA) is 75.3 Å². The summed E-state index contributed by atoms with van der Waals surface area (Å²) in [6, 6.07) is 11.5. The molecule has 2 amide bonds. The highest BCUT2D eigenvalue weighted by Gasteiger charge is 2.17. The highest BCUT2D eigenvalue weighted by atomic mass is 35.5. The number of halogens is 1. The van der Waals surface area contributed by atoms with Gasteiger partial charge in [-0.2, -0.15) is 0 Å². The average Bonchev–Trinajstić information content (AvgIpc) is 2.48. The van der Waals surface area contributed by atoms with Gasteiger partial charge in [0.05, 0.1) is 9.79 Å². The monoisotopic (exact) mass is 324 g/mol. The summed E-state index contributed by atoms with van der Waals surface area (Å²) in [5, 5.41) is 5.44. The van der Waals surface area contributed by atoms with Gasteiger partial charge in [0.15, 0.2) is 0 Å². The minimum atomic E-state index is -3.59. The summed E-state index contributed by atoms with van der Waals surface area (Å²) in [5.41, 5.74) is 0.504. The van der Waals surface area contributed by atoms with Gasteiger partial charge in [-0.3, -0.25) is 0 Å². The predicted octanol–water partition coefficient (Wildman–Crippen LogP) is 2.92. The van der Waals surface area contributed by atoms with Crippen LogP contribution in [0.15, 0.2) is 58.3 Å². The largest absolute Gasteiger partial charge is 0.341 e. The minimum absolute atomic E-state index is 0.146. The number of anilines is 1. The second-order valence-corrected chi connectivity index (χ2v) is 6.57. The van der Waals surface area contributed by atoms with E-state index in [1.165, 1.54) is 55.6 Å². The van der Waals surface area contributed by atoms with Crippen molar-refractivity contribution >= 4 is 33.2 Å². The quantitative estimate of drug-likeness (QED) is 0.911. The highest BCUT2D eigenvalue weighted by molar-refractivity contribution is 7.91. The molecule has 21 heavy (non-hydrogen) atoms. The van der Waals surface area contributed by atoms with E-state index in [1.807, 2.05) is 0 Å². The number of urea groups is 1. The fourth-order valence-corrected chi connectivity index (χ4v) is 3.05. The van der Waals surface area contributed by atoms with Crippen LogP contribution in [0.2, 0.25) is 5.02 Å². The molecule has 0 aliphatic rings. The number of carbonyl (C=O) groups excluding carboxylic acids is 1. The number of rotatable bonds is 3. The Bertz CT molecular complexity index is 741. The Labute approximate surface area is 127 Å². The third kappa shape index (κ3) is 3.53. The zero-order chi connectivity index (χ0) is 15.5. The van der Waals surface area contributed by atoms with Gasteiger partial charge in [-0.1, -0.05) is 11.6 Å². The van der Waals surface area contributed by atoms with Crippen LogP contribution in [0.3, 0.4) is 0 Å². The van der Waals surface area contributed by atoms with E-state index in [0.29, 0.717) is 10.7 Å². The van der Waals surface area contributed by atoms with E-state index >= 15 is 0 Å². The maximum absolute atomic E-state index is 12.4. The zero-order valence-corrected chi connectivity index (χ0v) is 12.7. The second-order valence-electron chi connectivity index (χ2n) is 4.19. The van der Waals surface area contributed by atoms with Crippen LogP contribution in [-0.2, 0) is 9.84 Å². The number of amides is 2. The summed E-state index contributed by atoms with van der Waals surface area (Å²) in [6.45, 7) is 0. The van der Waals surface area contributed by atoms with E-state index in [-0.39, 0.29) is 15.8 Å². The van der Waals surface area contributed by atoms with E-state index in [9.17, 15) is 13.2 Å². The molecule has 0 atom stereocenters. The Morgan fingerprint density at radius 1 is 0.952 bits per heavy atom. The fourth-order valence-electron chi connectivity index (χ4n) is 1.66. The SMILES string of the molecule is CNC(=O)Nc1ccc(S(=O)(=O)c2ccc(Cl)cc2)cc1. The van der Waals surface area contributed by atoms with Crippen LogP contribution in [0.4, 0.5) is 10.5 Å². The Morgan fingerprint density at radius 2 is 1.43 bits per heavy atom. The van der Waals surface area contributed by atoms with Crippen molar-refractivity contribution in [1.82, 2.24) is 5.32 Å². The Kier molecular flexibility index (Phi) is 4.50. The zero-order valence-electron chi connectivity index (χ0n) is 11.1. The van der Waals surface area contributed by atoms with Gasteiger partial charge in [0, 0.05) is 17.8 Å². The molecule has 2 aromatic rings. The molecule has 2 aromatic carbocycles. The number of benzene rings is 2. The van der Waals surface area contributed by atoms with E-state index < -0.39 is 9.84 Å². The molecule has 110 valence electrons. The molecule has 0 unspecified atom stereocenters. The van der Waals surface area contributed by atoms with E-state index in [0.717, 1.165) is 0 Å². The number of nitrogens with one attached hydrogen (secondary N) is 2. The summed E-state index contributed by atoms with van der Waals surface area (Å²) < 4.78 is 24.8. The molecule has 0 aromatic heterocycles. The van der Waals surface area contributed by atoms with Gasteiger partial charge >= 0.3 is 6.03 Å². The van der Waals surface area contributed by atoms with Gasteiger partial charge in [0.25, 0.3) is 0 Å². The first-order chi connectivity index (χ1) is 9.93. The van der Waals surface area contributed by atoms with Gasteiger partial charge in [0.2, 0.25) is 9.84 Å². The number of sulfone groups is 1. The van der Waals surface area contributed by atoms with Crippen LogP contribution >= 0.6 is 11.6 Å². The van der Waals surface area contributed by atoms with Crippen LogP contribution in [0.1, 0.15) is 0 Å². The third-order valence-electron chi connectivity index (χ3n) is 2.77. The molecule has 2 N–H and O–H groups in total. The molecule has 0 bridgehead atoms. The molecule has 0 radical (unpaired) electrons. The molecule has 0 spiro atoms. The van der Waals surface area contributed by atoms with Crippen LogP contribution in [0, 0.1) is 0 Å². The van der Waals surface area contributed by atoms with Crippen molar-refractivity contribution in [3.63, 3.8) is 0 Å². The van der Waals surface area contributed by atoms with Gasteiger partial charge < -0.3 is 10.6 Å². The average molecular weight is 325 g/mol. The van der Waals surface area contributed by atoms with Crippen molar-refractivity contribution in [3.05, 3.63) is 53.6 Å². The summed E-state index contributed by atoms with van der Waals surface area (Å²) in [6.07, 6.45) is 0. The molecule has 0 heterocycles. The predicted molar refractivity (Wildman–Crippen MR) is 81.4 cm³/mol.